The third kappa shape index (κ3) is 5.61. The number of carbonyl (C=O) groups excluding carboxylic acids is 2. The number of hydrogen-bond acceptors (Lipinski definition) is 3. The largest absolute Gasteiger partial charge is 0.487 e. The van der Waals surface area contributed by atoms with Crippen molar-refractivity contribution in [2.75, 3.05) is 19.6 Å². The molecule has 0 unspecified atom stereocenters. The van der Waals surface area contributed by atoms with E-state index >= 15 is 0 Å². The molecular weight excluding hydrogens is 388 g/mol. The van der Waals surface area contributed by atoms with E-state index in [-0.39, 0.29) is 18.1 Å². The van der Waals surface area contributed by atoms with Gasteiger partial charge in [0.15, 0.2) is 0 Å². The molecule has 0 spiro atoms. The molecule has 0 N–H and O–H groups in total. The Balaban J connectivity index is 1.62. The first-order valence-electron chi connectivity index (χ1n) is 12.5. The molecule has 0 bridgehead atoms. The quantitative estimate of drug-likeness (QED) is 0.680. The van der Waals surface area contributed by atoms with E-state index in [4.69, 9.17) is 4.74 Å². The summed E-state index contributed by atoms with van der Waals surface area (Å²) in [4.78, 5) is 30.6. The highest BCUT2D eigenvalue weighted by atomic mass is 16.5. The van der Waals surface area contributed by atoms with Crippen LogP contribution < -0.4 is 4.74 Å². The lowest BCUT2D eigenvalue weighted by molar-refractivity contribution is -0.137. The van der Waals surface area contributed by atoms with Crippen molar-refractivity contribution in [3.05, 3.63) is 29.8 Å². The van der Waals surface area contributed by atoms with Gasteiger partial charge in [0.05, 0.1) is 11.6 Å². The zero-order chi connectivity index (χ0) is 21.6. The van der Waals surface area contributed by atoms with Crippen LogP contribution in [0.25, 0.3) is 0 Å². The average molecular weight is 427 g/mol. The van der Waals surface area contributed by atoms with Gasteiger partial charge in [-0.15, -0.1) is 0 Å². The molecule has 1 aliphatic heterocycles. The summed E-state index contributed by atoms with van der Waals surface area (Å²) in [6.07, 6.45) is 11.5. The number of para-hydroxylation sites is 1. The van der Waals surface area contributed by atoms with Gasteiger partial charge in [0.25, 0.3) is 5.91 Å². The lowest BCUT2D eigenvalue weighted by Gasteiger charge is -2.40. The van der Waals surface area contributed by atoms with Gasteiger partial charge in [0.1, 0.15) is 11.9 Å². The van der Waals surface area contributed by atoms with Crippen molar-refractivity contribution in [1.29, 1.82) is 0 Å². The molecule has 1 heterocycles. The van der Waals surface area contributed by atoms with E-state index in [0.717, 1.165) is 64.5 Å². The van der Waals surface area contributed by atoms with Crippen LogP contribution in [0.2, 0.25) is 0 Å². The molecular formula is C26H38N2O3. The van der Waals surface area contributed by atoms with Gasteiger partial charge >= 0.3 is 0 Å². The molecule has 2 fully saturated rings. The standard InChI is InChI=1S/C26H38N2O3/c1-2-27-17-9-3-4-10-18-28(25(29)19-20-15-16-20)22-12-6-8-14-24(22)31-23-13-7-5-11-21(23)26(27)30/h5,7,11,13,20,22,24H,2-4,6,8-10,12,14-19H2,1H3/t22-,24+/m1/s1. The minimum atomic E-state index is -0.0381. The molecule has 5 heteroatoms. The fourth-order valence-electron chi connectivity index (χ4n) is 5.15. The van der Waals surface area contributed by atoms with E-state index in [9.17, 15) is 9.59 Å². The summed E-state index contributed by atoms with van der Waals surface area (Å²) in [7, 11) is 0. The van der Waals surface area contributed by atoms with Crippen LogP contribution in [0, 0.1) is 5.92 Å². The number of fused-ring (bicyclic) bond motifs is 2. The molecule has 4 rings (SSSR count). The van der Waals surface area contributed by atoms with Crippen molar-refractivity contribution < 1.29 is 14.3 Å². The molecule has 170 valence electrons. The van der Waals surface area contributed by atoms with Crippen molar-refractivity contribution in [3.8, 4) is 5.75 Å². The van der Waals surface area contributed by atoms with Gasteiger partial charge in [-0.3, -0.25) is 9.59 Å². The second-order valence-corrected chi connectivity index (χ2v) is 9.54. The molecule has 3 aliphatic rings. The third-order valence-electron chi connectivity index (χ3n) is 7.19. The van der Waals surface area contributed by atoms with Crippen molar-refractivity contribution in [2.45, 2.75) is 89.7 Å². The smallest absolute Gasteiger partial charge is 0.257 e. The fourth-order valence-corrected chi connectivity index (χ4v) is 5.15. The summed E-state index contributed by atoms with van der Waals surface area (Å²) in [5.41, 5.74) is 0.654. The third-order valence-corrected chi connectivity index (χ3v) is 7.19. The highest BCUT2D eigenvalue weighted by Crippen LogP contribution is 2.35. The Hall–Kier alpha value is -2.04. The highest BCUT2D eigenvalue weighted by molar-refractivity contribution is 5.97. The minimum absolute atomic E-state index is 0.0381. The van der Waals surface area contributed by atoms with E-state index in [1.54, 1.807) is 0 Å². The Kier molecular flexibility index (Phi) is 7.52. The summed E-state index contributed by atoms with van der Waals surface area (Å²) in [5.74, 6) is 1.65. The SMILES string of the molecule is CCN1CCCCCCN(C(=O)CC2CC2)[C@@H]2CCCC[C@@H]2Oc2ccccc2C1=O. The number of rotatable bonds is 3. The molecule has 2 amide bonds. The Labute approximate surface area is 187 Å². The first-order valence-corrected chi connectivity index (χ1v) is 12.5. The Morgan fingerprint density at radius 1 is 0.968 bits per heavy atom. The van der Waals surface area contributed by atoms with E-state index < -0.39 is 0 Å². The number of hydrogen-bond donors (Lipinski definition) is 0. The van der Waals surface area contributed by atoms with Crippen LogP contribution in [0.15, 0.2) is 24.3 Å². The van der Waals surface area contributed by atoms with Crippen LogP contribution in [-0.4, -0.2) is 53.4 Å². The number of ether oxygens (including phenoxy) is 1. The molecule has 31 heavy (non-hydrogen) atoms. The fraction of sp³-hybridized carbons (Fsp3) is 0.692. The zero-order valence-electron chi connectivity index (χ0n) is 19.1. The van der Waals surface area contributed by atoms with Crippen LogP contribution in [0.4, 0.5) is 0 Å². The van der Waals surface area contributed by atoms with Crippen molar-refractivity contribution in [2.24, 2.45) is 5.92 Å². The van der Waals surface area contributed by atoms with Gasteiger partial charge in [-0.2, -0.15) is 0 Å². The molecule has 0 saturated heterocycles. The Bertz CT molecular complexity index is 761. The minimum Gasteiger partial charge on any atom is -0.487 e. The van der Waals surface area contributed by atoms with Gasteiger partial charge in [-0.05, 0) is 69.9 Å². The summed E-state index contributed by atoms with van der Waals surface area (Å²) in [6, 6.07) is 7.79. The van der Waals surface area contributed by atoms with E-state index in [2.05, 4.69) is 4.90 Å². The van der Waals surface area contributed by atoms with Gasteiger partial charge in [-0.1, -0.05) is 31.4 Å². The van der Waals surface area contributed by atoms with E-state index in [1.165, 1.54) is 12.8 Å². The van der Waals surface area contributed by atoms with Gasteiger partial charge in [0, 0.05) is 26.1 Å². The molecule has 0 radical (unpaired) electrons. The number of carbonyl (C=O) groups is 2. The maximum atomic E-state index is 13.3. The van der Waals surface area contributed by atoms with Crippen LogP contribution in [-0.2, 0) is 4.79 Å². The van der Waals surface area contributed by atoms with Crippen LogP contribution in [0.5, 0.6) is 5.75 Å². The topological polar surface area (TPSA) is 49.9 Å². The summed E-state index contributed by atoms with van der Waals surface area (Å²) >= 11 is 0. The summed E-state index contributed by atoms with van der Waals surface area (Å²) in [6.45, 7) is 4.38. The van der Waals surface area contributed by atoms with E-state index in [1.807, 2.05) is 36.1 Å². The maximum Gasteiger partial charge on any atom is 0.257 e. The number of nitrogens with zero attached hydrogens (tertiary/aromatic N) is 2. The second kappa shape index (κ2) is 10.5. The number of benzene rings is 1. The summed E-state index contributed by atoms with van der Waals surface area (Å²) in [5, 5.41) is 0. The van der Waals surface area contributed by atoms with Crippen LogP contribution >= 0.6 is 0 Å². The normalized spacial score (nSPS) is 25.8. The first kappa shape index (κ1) is 22.2. The Morgan fingerprint density at radius 2 is 1.71 bits per heavy atom. The molecule has 2 aliphatic carbocycles. The average Bonchev–Trinajstić information content (AvgIpc) is 3.60. The van der Waals surface area contributed by atoms with Gasteiger partial charge in [-0.25, -0.2) is 0 Å². The molecule has 1 aromatic rings. The van der Waals surface area contributed by atoms with Crippen molar-refractivity contribution in [1.82, 2.24) is 9.80 Å². The lowest BCUT2D eigenvalue weighted by atomic mass is 9.90. The summed E-state index contributed by atoms with van der Waals surface area (Å²) < 4.78 is 6.57. The molecule has 1 aromatic carbocycles. The van der Waals surface area contributed by atoms with Gasteiger partial charge in [0.2, 0.25) is 5.91 Å². The maximum absolute atomic E-state index is 13.3. The first-order chi connectivity index (χ1) is 15.2. The Morgan fingerprint density at radius 3 is 2.48 bits per heavy atom. The molecule has 0 aromatic heterocycles. The molecule has 2 atom stereocenters. The zero-order valence-corrected chi connectivity index (χ0v) is 19.1. The lowest BCUT2D eigenvalue weighted by Crippen LogP contribution is -2.51. The van der Waals surface area contributed by atoms with Crippen molar-refractivity contribution >= 4 is 11.8 Å². The monoisotopic (exact) mass is 426 g/mol. The van der Waals surface area contributed by atoms with Crippen LogP contribution in [0.3, 0.4) is 0 Å². The highest BCUT2D eigenvalue weighted by Gasteiger charge is 2.37. The number of amides is 2. The van der Waals surface area contributed by atoms with Crippen LogP contribution in [0.1, 0.15) is 87.9 Å². The van der Waals surface area contributed by atoms with Crippen molar-refractivity contribution in [3.63, 3.8) is 0 Å². The molecule has 2 saturated carbocycles. The predicted octanol–water partition coefficient (Wildman–Crippen LogP) is 5.04. The van der Waals surface area contributed by atoms with Gasteiger partial charge < -0.3 is 14.5 Å². The second-order valence-electron chi connectivity index (χ2n) is 9.54. The molecule has 5 nitrogen and oxygen atoms in total. The predicted molar refractivity (Wildman–Crippen MR) is 122 cm³/mol. The van der Waals surface area contributed by atoms with E-state index in [0.29, 0.717) is 36.1 Å².